The van der Waals surface area contributed by atoms with E-state index in [0.29, 0.717) is 5.56 Å². The van der Waals surface area contributed by atoms with Crippen LogP contribution < -0.4 is 16.4 Å². The van der Waals surface area contributed by atoms with Gasteiger partial charge in [-0.15, -0.1) is 0 Å². The molecule has 0 saturated heterocycles. The third-order valence-electron chi connectivity index (χ3n) is 5.32. The molecule has 6 heteroatoms. The number of hydrogen-bond donors (Lipinski definition) is 2. The molecule has 160 valence electrons. The molecule has 1 heterocycles. The van der Waals surface area contributed by atoms with Crippen molar-refractivity contribution in [1.82, 2.24) is 0 Å². The van der Waals surface area contributed by atoms with Gasteiger partial charge in [0.2, 0.25) is 11.8 Å². The van der Waals surface area contributed by atoms with Crippen molar-refractivity contribution in [3.05, 3.63) is 82.9 Å². The number of carbonyl (C=O) groups is 2. The van der Waals surface area contributed by atoms with Gasteiger partial charge in [-0.25, -0.2) is 0 Å². The van der Waals surface area contributed by atoms with E-state index in [1.807, 2.05) is 29.2 Å². The number of halogens is 1. The Balaban J connectivity index is 0.000000287. The van der Waals surface area contributed by atoms with Gasteiger partial charge >= 0.3 is 0 Å². The molecule has 0 spiro atoms. The number of amides is 2. The van der Waals surface area contributed by atoms with E-state index < -0.39 is 5.91 Å². The average molecular weight is 436 g/mol. The van der Waals surface area contributed by atoms with E-state index in [0.717, 1.165) is 40.4 Å². The van der Waals surface area contributed by atoms with Crippen LogP contribution in [-0.2, 0) is 11.2 Å². The molecule has 0 bridgehead atoms. The van der Waals surface area contributed by atoms with E-state index in [4.69, 9.17) is 23.1 Å². The molecule has 5 nitrogen and oxygen atoms in total. The summed E-state index contributed by atoms with van der Waals surface area (Å²) < 4.78 is 0. The van der Waals surface area contributed by atoms with Gasteiger partial charge in [-0.2, -0.15) is 0 Å². The van der Waals surface area contributed by atoms with Crippen molar-refractivity contribution in [1.29, 1.82) is 0 Å². The fourth-order valence-electron chi connectivity index (χ4n) is 3.70. The van der Waals surface area contributed by atoms with Gasteiger partial charge in [0.25, 0.3) is 0 Å². The molecule has 0 aliphatic carbocycles. The summed E-state index contributed by atoms with van der Waals surface area (Å²) in [5.41, 5.74) is 16.2. The Kier molecular flexibility index (Phi) is 6.98. The summed E-state index contributed by atoms with van der Waals surface area (Å²) in [4.78, 5) is 24.9. The van der Waals surface area contributed by atoms with Gasteiger partial charge in [-0.1, -0.05) is 29.8 Å². The normalized spacial score (nSPS) is 14.8. The predicted octanol–water partition coefficient (Wildman–Crippen LogP) is 5.06. The van der Waals surface area contributed by atoms with Crippen LogP contribution in [0, 0.1) is 0 Å². The number of carbonyl (C=O) groups excluding carboxylic acids is 2. The highest BCUT2D eigenvalue weighted by molar-refractivity contribution is 6.30. The summed E-state index contributed by atoms with van der Waals surface area (Å²) in [7, 11) is 0. The van der Waals surface area contributed by atoms with Crippen molar-refractivity contribution < 1.29 is 9.59 Å². The molecule has 4 N–H and O–H groups in total. The fraction of sp³-hybridized carbons (Fsp3) is 0.200. The minimum Gasteiger partial charge on any atom is -0.399 e. The third kappa shape index (κ3) is 5.44. The second kappa shape index (κ2) is 9.67. The molecule has 0 saturated carbocycles. The van der Waals surface area contributed by atoms with Gasteiger partial charge in [-0.3, -0.25) is 9.59 Å². The van der Waals surface area contributed by atoms with Gasteiger partial charge < -0.3 is 16.4 Å². The molecular formula is C25H26ClN3O2. The van der Waals surface area contributed by atoms with E-state index in [2.05, 4.69) is 13.0 Å². The van der Waals surface area contributed by atoms with Crippen LogP contribution in [0.4, 0.5) is 11.4 Å². The molecule has 0 radical (unpaired) electrons. The van der Waals surface area contributed by atoms with E-state index in [1.165, 1.54) is 5.56 Å². The molecule has 1 aliphatic heterocycles. The van der Waals surface area contributed by atoms with Gasteiger partial charge in [0, 0.05) is 34.9 Å². The Bertz CT molecular complexity index is 1060. The first-order chi connectivity index (χ1) is 14.8. The summed E-state index contributed by atoms with van der Waals surface area (Å²) in [6.07, 6.45) is 1.93. The van der Waals surface area contributed by atoms with Crippen LogP contribution >= 0.6 is 11.6 Å². The number of primary amides is 1. The maximum Gasteiger partial charge on any atom is 0.248 e. The van der Waals surface area contributed by atoms with E-state index >= 15 is 0 Å². The third-order valence-corrected chi connectivity index (χ3v) is 5.58. The molecule has 4 rings (SSSR count). The van der Waals surface area contributed by atoms with Crippen molar-refractivity contribution in [2.45, 2.75) is 32.7 Å². The molecule has 2 amide bonds. The molecule has 0 fully saturated rings. The Morgan fingerprint density at radius 2 is 1.58 bits per heavy atom. The van der Waals surface area contributed by atoms with Crippen LogP contribution in [0.25, 0.3) is 11.1 Å². The number of hydrogen-bond acceptors (Lipinski definition) is 3. The largest absolute Gasteiger partial charge is 0.399 e. The first kappa shape index (κ1) is 22.4. The highest BCUT2D eigenvalue weighted by Gasteiger charge is 2.26. The van der Waals surface area contributed by atoms with Gasteiger partial charge in [-0.05, 0) is 85.0 Å². The van der Waals surface area contributed by atoms with Gasteiger partial charge in [0.1, 0.15) is 0 Å². The number of nitrogens with two attached hydrogens (primary N) is 2. The number of rotatable bonds is 2. The molecule has 31 heavy (non-hydrogen) atoms. The molecular weight excluding hydrogens is 410 g/mol. The van der Waals surface area contributed by atoms with Crippen LogP contribution in [0.1, 0.15) is 36.2 Å². The first-order valence-corrected chi connectivity index (χ1v) is 10.5. The molecule has 3 aromatic rings. The van der Waals surface area contributed by atoms with Crippen molar-refractivity contribution in [3.63, 3.8) is 0 Å². The maximum absolute atomic E-state index is 11.9. The average Bonchev–Trinajstić information content (AvgIpc) is 2.75. The second-order valence-electron chi connectivity index (χ2n) is 7.61. The molecule has 1 atom stereocenters. The van der Waals surface area contributed by atoms with Crippen molar-refractivity contribution in [2.24, 2.45) is 5.73 Å². The van der Waals surface area contributed by atoms with Crippen LogP contribution in [-0.4, -0.2) is 17.9 Å². The summed E-state index contributed by atoms with van der Waals surface area (Å²) in [5, 5.41) is 0.721. The lowest BCUT2D eigenvalue weighted by atomic mass is 9.93. The molecule has 3 aromatic carbocycles. The smallest absolute Gasteiger partial charge is 0.248 e. The topological polar surface area (TPSA) is 89.4 Å². The monoisotopic (exact) mass is 435 g/mol. The standard InChI is InChI=1S/C19H20N2O2.C6H6ClN/c1-12-3-4-17-11-16(9-10-18(17)21(12)13(2)22)14-5-7-15(8-6-14)19(20)23;7-5-1-3-6(8)4-2-5/h5-12H,3-4H2,1-2H3,(H2,20,23);1-4H,8H2/t12-;/m0./s1. The molecule has 0 aromatic heterocycles. The second-order valence-corrected chi connectivity index (χ2v) is 8.05. The number of fused-ring (bicyclic) bond motifs is 1. The van der Waals surface area contributed by atoms with Crippen LogP contribution in [0.5, 0.6) is 0 Å². The van der Waals surface area contributed by atoms with Crippen LogP contribution in [0.15, 0.2) is 66.7 Å². The summed E-state index contributed by atoms with van der Waals surface area (Å²) in [6.45, 7) is 3.70. The number of aryl methyl sites for hydroxylation is 1. The Labute approximate surface area is 187 Å². The maximum atomic E-state index is 11.9. The minimum atomic E-state index is -0.423. The number of nitrogen functional groups attached to an aromatic ring is 1. The first-order valence-electron chi connectivity index (χ1n) is 10.1. The minimum absolute atomic E-state index is 0.0806. The number of nitrogens with zero attached hydrogens (tertiary/aromatic N) is 1. The number of benzene rings is 3. The van der Waals surface area contributed by atoms with Gasteiger partial charge in [0.05, 0.1) is 0 Å². The van der Waals surface area contributed by atoms with E-state index in [1.54, 1.807) is 43.3 Å². The Hall–Kier alpha value is -3.31. The van der Waals surface area contributed by atoms with Crippen molar-refractivity contribution in [2.75, 3.05) is 10.6 Å². The van der Waals surface area contributed by atoms with Gasteiger partial charge in [0.15, 0.2) is 0 Å². The highest BCUT2D eigenvalue weighted by atomic mass is 35.5. The zero-order valence-electron chi connectivity index (χ0n) is 17.6. The molecule has 1 aliphatic rings. The van der Waals surface area contributed by atoms with Crippen LogP contribution in [0.2, 0.25) is 5.02 Å². The SMILES string of the molecule is CC(=O)N1c2ccc(-c3ccc(C(N)=O)cc3)cc2CC[C@@H]1C.Nc1ccc(Cl)cc1. The Morgan fingerprint density at radius 3 is 2.13 bits per heavy atom. The molecule has 0 unspecified atom stereocenters. The predicted molar refractivity (Wildman–Crippen MR) is 127 cm³/mol. The van der Waals surface area contributed by atoms with E-state index in [9.17, 15) is 9.59 Å². The summed E-state index contributed by atoms with van der Waals surface area (Å²) >= 11 is 5.56. The van der Waals surface area contributed by atoms with Crippen molar-refractivity contribution >= 4 is 34.8 Å². The zero-order chi connectivity index (χ0) is 22.5. The zero-order valence-corrected chi connectivity index (χ0v) is 18.4. The van der Waals surface area contributed by atoms with Crippen molar-refractivity contribution in [3.8, 4) is 11.1 Å². The lowest BCUT2D eigenvalue weighted by Gasteiger charge is -2.34. The number of anilines is 2. The van der Waals surface area contributed by atoms with Crippen LogP contribution in [0.3, 0.4) is 0 Å². The quantitative estimate of drug-likeness (QED) is 0.551. The summed E-state index contributed by atoms with van der Waals surface area (Å²) in [5.74, 6) is -0.343. The fourth-order valence-corrected chi connectivity index (χ4v) is 3.83. The highest BCUT2D eigenvalue weighted by Crippen LogP contribution is 2.34. The lowest BCUT2D eigenvalue weighted by Crippen LogP contribution is -2.40. The lowest BCUT2D eigenvalue weighted by molar-refractivity contribution is -0.117. The Morgan fingerprint density at radius 1 is 0.968 bits per heavy atom. The summed E-state index contributed by atoms with van der Waals surface area (Å²) in [6, 6.07) is 20.7. The van der Waals surface area contributed by atoms with E-state index in [-0.39, 0.29) is 11.9 Å².